The highest BCUT2D eigenvalue weighted by Crippen LogP contribution is 2.31. The van der Waals surface area contributed by atoms with Crippen LogP contribution in [0.3, 0.4) is 0 Å². The van der Waals surface area contributed by atoms with E-state index in [0.29, 0.717) is 38.6 Å². The Bertz CT molecular complexity index is 1160. The molecule has 0 aliphatic carbocycles. The van der Waals surface area contributed by atoms with Crippen molar-refractivity contribution in [1.82, 2.24) is 4.98 Å². The Kier molecular flexibility index (Phi) is 5.72. The smallest absolute Gasteiger partial charge is 0.267 e. The van der Waals surface area contributed by atoms with Crippen LogP contribution in [0.25, 0.3) is 0 Å². The van der Waals surface area contributed by atoms with Gasteiger partial charge < -0.3 is 15.4 Å². The molecule has 0 aliphatic rings. The Morgan fingerprint density at radius 1 is 0.967 bits per heavy atom. The first kappa shape index (κ1) is 19.6. The van der Waals surface area contributed by atoms with Gasteiger partial charge in [0.15, 0.2) is 10.9 Å². The third kappa shape index (κ3) is 4.64. The molecule has 4 rings (SSSR count). The quantitative estimate of drug-likeness (QED) is 0.381. The number of rotatable bonds is 6. The van der Waals surface area contributed by atoms with Crippen LogP contribution < -0.4 is 15.4 Å². The summed E-state index contributed by atoms with van der Waals surface area (Å²) in [7, 11) is 0. The molecular formula is C23H18FN3O2S. The third-order valence-corrected chi connectivity index (χ3v) is 5.28. The van der Waals surface area contributed by atoms with E-state index in [4.69, 9.17) is 4.74 Å². The zero-order chi connectivity index (χ0) is 20.9. The van der Waals surface area contributed by atoms with E-state index < -0.39 is 0 Å². The summed E-state index contributed by atoms with van der Waals surface area (Å²) in [4.78, 5) is 17.8. The van der Waals surface area contributed by atoms with Crippen molar-refractivity contribution in [2.24, 2.45) is 0 Å². The fraction of sp³-hybridized carbons (Fsp3) is 0.0435. The topological polar surface area (TPSA) is 63.2 Å². The number of ether oxygens (including phenoxy) is 1. The minimum atomic E-state index is -0.313. The van der Waals surface area contributed by atoms with Crippen LogP contribution in [0.5, 0.6) is 11.5 Å². The molecule has 30 heavy (non-hydrogen) atoms. The van der Waals surface area contributed by atoms with E-state index in [-0.39, 0.29) is 11.7 Å². The molecule has 0 spiro atoms. The van der Waals surface area contributed by atoms with Gasteiger partial charge >= 0.3 is 0 Å². The van der Waals surface area contributed by atoms with Crippen molar-refractivity contribution in [2.75, 3.05) is 10.6 Å². The van der Waals surface area contributed by atoms with Crippen molar-refractivity contribution in [3.05, 3.63) is 95.3 Å². The number of hydrogen-bond acceptors (Lipinski definition) is 5. The molecule has 0 saturated carbocycles. The van der Waals surface area contributed by atoms with Gasteiger partial charge in [0, 0.05) is 5.69 Å². The van der Waals surface area contributed by atoms with E-state index in [2.05, 4.69) is 15.6 Å². The first-order valence-electron chi connectivity index (χ1n) is 9.22. The SMILES string of the molecule is Cc1nc(Nc2ccc(F)cc2)sc1C(=O)Nc1ccccc1Oc1ccccc1. The van der Waals surface area contributed by atoms with Gasteiger partial charge in [0.2, 0.25) is 0 Å². The molecule has 7 heteroatoms. The van der Waals surface area contributed by atoms with Gasteiger partial charge in [-0.1, -0.05) is 41.7 Å². The number of para-hydroxylation sites is 3. The van der Waals surface area contributed by atoms with Gasteiger partial charge in [0.05, 0.1) is 11.4 Å². The molecule has 1 amide bonds. The van der Waals surface area contributed by atoms with E-state index in [0.717, 1.165) is 0 Å². The number of carbonyl (C=O) groups excluding carboxylic acids is 1. The number of aryl methyl sites for hydroxylation is 1. The molecule has 0 aliphatic heterocycles. The average Bonchev–Trinajstić information content (AvgIpc) is 3.12. The largest absolute Gasteiger partial charge is 0.455 e. The number of carbonyl (C=O) groups is 1. The molecule has 0 bridgehead atoms. The normalized spacial score (nSPS) is 10.5. The van der Waals surface area contributed by atoms with Gasteiger partial charge in [-0.05, 0) is 55.5 Å². The first-order chi connectivity index (χ1) is 14.6. The minimum absolute atomic E-state index is 0.277. The van der Waals surface area contributed by atoms with Gasteiger partial charge in [-0.3, -0.25) is 4.79 Å². The maximum Gasteiger partial charge on any atom is 0.267 e. The van der Waals surface area contributed by atoms with Crippen LogP contribution in [0.1, 0.15) is 15.4 Å². The highest BCUT2D eigenvalue weighted by Gasteiger charge is 2.17. The summed E-state index contributed by atoms with van der Waals surface area (Å²) in [6.07, 6.45) is 0. The standard InChI is InChI=1S/C23H18FN3O2S/c1-15-21(30-23(25-15)26-17-13-11-16(24)12-14-17)22(28)27-19-9-5-6-10-20(19)29-18-7-3-2-4-8-18/h2-14H,1H3,(H,25,26)(H,27,28). The van der Waals surface area contributed by atoms with Gasteiger partial charge in [-0.15, -0.1) is 0 Å². The van der Waals surface area contributed by atoms with E-state index >= 15 is 0 Å². The van der Waals surface area contributed by atoms with Crippen molar-refractivity contribution in [3.63, 3.8) is 0 Å². The third-order valence-electron chi connectivity index (χ3n) is 4.20. The van der Waals surface area contributed by atoms with E-state index in [1.807, 2.05) is 42.5 Å². The molecule has 150 valence electrons. The summed E-state index contributed by atoms with van der Waals surface area (Å²) >= 11 is 1.23. The lowest BCUT2D eigenvalue weighted by atomic mass is 10.2. The second-order valence-corrected chi connectivity index (χ2v) is 7.43. The lowest BCUT2D eigenvalue weighted by Crippen LogP contribution is -2.12. The Labute approximate surface area is 177 Å². The second-order valence-electron chi connectivity index (χ2n) is 6.43. The van der Waals surface area contributed by atoms with Crippen LogP contribution in [0, 0.1) is 12.7 Å². The molecule has 0 fully saturated rings. The Hall–Kier alpha value is -3.71. The predicted molar refractivity (Wildman–Crippen MR) is 117 cm³/mol. The lowest BCUT2D eigenvalue weighted by Gasteiger charge is -2.11. The van der Waals surface area contributed by atoms with Gasteiger partial charge in [-0.25, -0.2) is 9.37 Å². The predicted octanol–water partition coefficient (Wildman–Crippen LogP) is 6.38. The molecule has 4 aromatic rings. The summed E-state index contributed by atoms with van der Waals surface area (Å²) in [5.74, 6) is 0.636. The van der Waals surface area contributed by atoms with Crippen LogP contribution >= 0.6 is 11.3 Å². The average molecular weight is 419 g/mol. The summed E-state index contributed by atoms with van der Waals surface area (Å²) in [6.45, 7) is 1.77. The van der Waals surface area contributed by atoms with Crippen molar-refractivity contribution in [2.45, 2.75) is 6.92 Å². The molecule has 0 atom stereocenters. The number of benzene rings is 3. The number of aromatic nitrogens is 1. The van der Waals surface area contributed by atoms with Gasteiger partial charge in [0.25, 0.3) is 5.91 Å². The zero-order valence-corrected chi connectivity index (χ0v) is 16.9. The van der Waals surface area contributed by atoms with Crippen molar-refractivity contribution < 1.29 is 13.9 Å². The number of halogens is 1. The monoisotopic (exact) mass is 419 g/mol. The van der Waals surface area contributed by atoms with Crippen LogP contribution in [-0.2, 0) is 0 Å². The lowest BCUT2D eigenvalue weighted by molar-refractivity contribution is 0.102. The number of amides is 1. The summed E-state index contributed by atoms with van der Waals surface area (Å²) in [5.41, 5.74) is 1.86. The van der Waals surface area contributed by atoms with Crippen LogP contribution in [-0.4, -0.2) is 10.9 Å². The van der Waals surface area contributed by atoms with Crippen LogP contribution in [0.15, 0.2) is 78.9 Å². The molecular weight excluding hydrogens is 401 g/mol. The summed E-state index contributed by atoms with van der Waals surface area (Å²) < 4.78 is 19.0. The van der Waals surface area contributed by atoms with E-state index in [1.54, 1.807) is 31.2 Å². The molecule has 1 aromatic heterocycles. The zero-order valence-electron chi connectivity index (χ0n) is 16.1. The number of hydrogen-bond donors (Lipinski definition) is 2. The Balaban J connectivity index is 1.51. The number of nitrogens with zero attached hydrogens (tertiary/aromatic N) is 1. The van der Waals surface area contributed by atoms with Gasteiger partial charge in [-0.2, -0.15) is 0 Å². The van der Waals surface area contributed by atoms with Gasteiger partial charge in [0.1, 0.15) is 16.4 Å². The summed E-state index contributed by atoms with van der Waals surface area (Å²) in [5, 5.41) is 6.55. The fourth-order valence-corrected chi connectivity index (χ4v) is 3.65. The molecule has 2 N–H and O–H groups in total. The maximum atomic E-state index is 13.1. The number of nitrogens with one attached hydrogen (secondary N) is 2. The second kappa shape index (κ2) is 8.75. The highest BCUT2D eigenvalue weighted by molar-refractivity contribution is 7.17. The van der Waals surface area contributed by atoms with E-state index in [1.165, 1.54) is 23.5 Å². The Morgan fingerprint density at radius 2 is 1.67 bits per heavy atom. The van der Waals surface area contributed by atoms with Crippen molar-refractivity contribution in [3.8, 4) is 11.5 Å². The molecule has 0 unspecified atom stereocenters. The minimum Gasteiger partial charge on any atom is -0.455 e. The molecule has 1 heterocycles. The molecule has 5 nitrogen and oxygen atoms in total. The molecule has 3 aromatic carbocycles. The fourth-order valence-electron chi connectivity index (χ4n) is 2.77. The van der Waals surface area contributed by atoms with Crippen LogP contribution in [0.2, 0.25) is 0 Å². The maximum absolute atomic E-state index is 13.1. The molecule has 0 radical (unpaired) electrons. The van der Waals surface area contributed by atoms with Crippen LogP contribution in [0.4, 0.5) is 20.9 Å². The first-order valence-corrected chi connectivity index (χ1v) is 10.0. The highest BCUT2D eigenvalue weighted by atomic mass is 32.1. The number of thiazole rings is 1. The Morgan fingerprint density at radius 3 is 2.43 bits per heavy atom. The van der Waals surface area contributed by atoms with E-state index in [9.17, 15) is 9.18 Å². The van der Waals surface area contributed by atoms with Crippen molar-refractivity contribution >= 4 is 33.8 Å². The van der Waals surface area contributed by atoms with Crippen molar-refractivity contribution in [1.29, 1.82) is 0 Å². The summed E-state index contributed by atoms with van der Waals surface area (Å²) in [6, 6.07) is 22.6. The number of anilines is 3. The molecule has 0 saturated heterocycles.